The Bertz CT molecular complexity index is 154. The van der Waals surface area contributed by atoms with Gasteiger partial charge in [0.2, 0.25) is 0 Å². The van der Waals surface area contributed by atoms with Crippen LogP contribution in [-0.2, 0) is 0 Å². The molecule has 0 heterocycles. The molecule has 2 unspecified atom stereocenters. The van der Waals surface area contributed by atoms with Gasteiger partial charge in [-0.1, -0.05) is 64.7 Å². The molecule has 0 aromatic carbocycles. The van der Waals surface area contributed by atoms with Crippen LogP contribution in [0.5, 0.6) is 0 Å². The Labute approximate surface area is 102 Å². The highest BCUT2D eigenvalue weighted by Gasteiger charge is 2.28. The molecule has 96 valence electrons. The van der Waals surface area contributed by atoms with Crippen LogP contribution < -0.4 is 5.73 Å². The Morgan fingerprint density at radius 1 is 0.812 bits per heavy atom. The number of hydrogen-bond donors (Lipinski definition) is 1. The Morgan fingerprint density at radius 3 is 1.88 bits per heavy atom. The number of hydrogen-bond acceptors (Lipinski definition) is 1. The molecule has 0 aliphatic heterocycles. The fourth-order valence-electron chi connectivity index (χ4n) is 2.87. The Hall–Kier alpha value is -0.0400. The van der Waals surface area contributed by atoms with E-state index in [1.807, 2.05) is 0 Å². The van der Waals surface area contributed by atoms with E-state index >= 15 is 0 Å². The lowest BCUT2D eigenvalue weighted by Gasteiger charge is -2.35. The van der Waals surface area contributed by atoms with Crippen molar-refractivity contribution in [3.63, 3.8) is 0 Å². The highest BCUT2D eigenvalue weighted by molar-refractivity contribution is 4.80. The molecule has 0 spiro atoms. The maximum absolute atomic E-state index is 5.72. The average Bonchev–Trinajstić information content (AvgIpc) is 2.26. The molecule has 0 saturated heterocycles. The second kappa shape index (κ2) is 9.04. The van der Waals surface area contributed by atoms with Gasteiger partial charge in [-0.25, -0.2) is 0 Å². The molecule has 1 rings (SSSR count). The third kappa shape index (κ3) is 5.34. The number of nitrogens with two attached hydrogens (primary N) is 1. The molecule has 0 radical (unpaired) electrons. The lowest BCUT2D eigenvalue weighted by molar-refractivity contribution is 0.167. The second-order valence-corrected chi connectivity index (χ2v) is 5.60. The van der Waals surface area contributed by atoms with Crippen LogP contribution in [0.3, 0.4) is 0 Å². The first-order valence-electron chi connectivity index (χ1n) is 7.58. The van der Waals surface area contributed by atoms with Gasteiger partial charge < -0.3 is 5.73 Å². The van der Waals surface area contributed by atoms with E-state index in [-0.39, 0.29) is 0 Å². The molecule has 1 fully saturated rings. The Kier molecular flexibility index (Phi) is 7.92. The largest absolute Gasteiger partial charge is 0.330 e. The lowest BCUT2D eigenvalue weighted by Crippen LogP contribution is -2.32. The molecule has 1 nitrogen and oxygen atoms in total. The first-order valence-corrected chi connectivity index (χ1v) is 7.58. The van der Waals surface area contributed by atoms with Crippen molar-refractivity contribution in [1.82, 2.24) is 0 Å². The Morgan fingerprint density at radius 2 is 1.38 bits per heavy atom. The summed E-state index contributed by atoms with van der Waals surface area (Å²) < 4.78 is 0. The van der Waals surface area contributed by atoms with Crippen molar-refractivity contribution in [3.8, 4) is 0 Å². The summed E-state index contributed by atoms with van der Waals surface area (Å²) in [5.41, 5.74) is 5.72. The van der Waals surface area contributed by atoms with Crippen molar-refractivity contribution in [2.75, 3.05) is 6.54 Å². The minimum Gasteiger partial charge on any atom is -0.330 e. The maximum atomic E-state index is 5.72. The highest BCUT2D eigenvalue weighted by atomic mass is 14.6. The molecule has 2 atom stereocenters. The summed E-state index contributed by atoms with van der Waals surface area (Å²) in [4.78, 5) is 0. The van der Waals surface area contributed by atoms with Crippen LogP contribution in [0.4, 0.5) is 0 Å². The van der Waals surface area contributed by atoms with E-state index in [1.54, 1.807) is 0 Å². The van der Waals surface area contributed by atoms with Crippen LogP contribution in [0.2, 0.25) is 0 Å². The van der Waals surface area contributed by atoms with Gasteiger partial charge in [0.25, 0.3) is 0 Å². The van der Waals surface area contributed by atoms with E-state index < -0.39 is 0 Å². The molecule has 0 aromatic heterocycles. The minimum atomic E-state index is 0.879. The maximum Gasteiger partial charge on any atom is -0.00462 e. The third-order valence-corrected chi connectivity index (χ3v) is 4.31. The minimum absolute atomic E-state index is 0.879. The van der Waals surface area contributed by atoms with Crippen LogP contribution in [0.25, 0.3) is 0 Å². The molecule has 2 N–H and O–H groups in total. The van der Waals surface area contributed by atoms with Gasteiger partial charge in [0, 0.05) is 0 Å². The van der Waals surface area contributed by atoms with Crippen LogP contribution >= 0.6 is 0 Å². The summed E-state index contributed by atoms with van der Waals surface area (Å²) in [5, 5.41) is 0. The van der Waals surface area contributed by atoms with E-state index in [2.05, 4.69) is 6.92 Å². The molecule has 1 heteroatoms. The van der Waals surface area contributed by atoms with Gasteiger partial charge in [-0.05, 0) is 31.2 Å². The predicted octanol–water partition coefficient (Wildman–Crippen LogP) is 4.50. The van der Waals surface area contributed by atoms with E-state index in [0.717, 1.165) is 18.4 Å². The summed E-state index contributed by atoms with van der Waals surface area (Å²) in [6, 6.07) is 0. The summed E-state index contributed by atoms with van der Waals surface area (Å²) in [5.74, 6) is 1.87. The summed E-state index contributed by atoms with van der Waals surface area (Å²) >= 11 is 0. The Balaban J connectivity index is 1.78. The predicted molar refractivity (Wildman–Crippen MR) is 72.5 cm³/mol. The quantitative estimate of drug-likeness (QED) is 0.544. The van der Waals surface area contributed by atoms with Crippen molar-refractivity contribution >= 4 is 0 Å². The van der Waals surface area contributed by atoms with Crippen molar-refractivity contribution < 1.29 is 0 Å². The van der Waals surface area contributed by atoms with Gasteiger partial charge in [-0.3, -0.25) is 0 Å². The van der Waals surface area contributed by atoms with Gasteiger partial charge >= 0.3 is 0 Å². The standard InChI is InChI=1S/C15H31N/c1-2-3-4-5-6-7-8-9-10-14-11-12-15(14)13-16/h14-15H,2-13,16H2,1H3. The fourth-order valence-corrected chi connectivity index (χ4v) is 2.87. The van der Waals surface area contributed by atoms with Crippen molar-refractivity contribution in [2.24, 2.45) is 17.6 Å². The number of rotatable bonds is 10. The molecule has 0 bridgehead atoms. The first kappa shape index (κ1) is 14.0. The third-order valence-electron chi connectivity index (χ3n) is 4.31. The van der Waals surface area contributed by atoms with Gasteiger partial charge in [0.05, 0.1) is 0 Å². The van der Waals surface area contributed by atoms with Crippen molar-refractivity contribution in [1.29, 1.82) is 0 Å². The molecular formula is C15H31N. The van der Waals surface area contributed by atoms with Crippen LogP contribution in [0.1, 0.15) is 77.6 Å². The van der Waals surface area contributed by atoms with Crippen molar-refractivity contribution in [3.05, 3.63) is 0 Å². The molecule has 0 aromatic rings. The van der Waals surface area contributed by atoms with Gasteiger partial charge in [0.15, 0.2) is 0 Å². The zero-order valence-corrected chi connectivity index (χ0v) is 11.2. The molecule has 1 aliphatic carbocycles. The topological polar surface area (TPSA) is 26.0 Å². The van der Waals surface area contributed by atoms with Gasteiger partial charge in [-0.15, -0.1) is 0 Å². The summed E-state index contributed by atoms with van der Waals surface area (Å²) in [6.07, 6.45) is 15.9. The fraction of sp³-hybridized carbons (Fsp3) is 1.00. The smallest absolute Gasteiger partial charge is 0.00462 e. The van der Waals surface area contributed by atoms with E-state index in [4.69, 9.17) is 5.73 Å². The van der Waals surface area contributed by atoms with Crippen LogP contribution in [0.15, 0.2) is 0 Å². The zero-order valence-electron chi connectivity index (χ0n) is 11.2. The van der Waals surface area contributed by atoms with Gasteiger partial charge in [-0.2, -0.15) is 0 Å². The molecule has 0 amide bonds. The molecule has 1 aliphatic rings. The van der Waals surface area contributed by atoms with E-state index in [0.29, 0.717) is 0 Å². The van der Waals surface area contributed by atoms with Crippen LogP contribution in [-0.4, -0.2) is 6.54 Å². The summed E-state index contributed by atoms with van der Waals surface area (Å²) in [7, 11) is 0. The zero-order chi connectivity index (χ0) is 11.6. The van der Waals surface area contributed by atoms with E-state index in [9.17, 15) is 0 Å². The highest BCUT2D eigenvalue weighted by Crippen LogP contribution is 2.37. The van der Waals surface area contributed by atoms with Crippen molar-refractivity contribution in [2.45, 2.75) is 77.6 Å². The average molecular weight is 225 g/mol. The monoisotopic (exact) mass is 225 g/mol. The number of unbranched alkanes of at least 4 members (excludes halogenated alkanes) is 7. The normalized spacial score (nSPS) is 24.4. The molecule has 1 saturated carbocycles. The molecular weight excluding hydrogens is 194 g/mol. The SMILES string of the molecule is CCCCCCCCCCC1CCC1CN. The van der Waals surface area contributed by atoms with E-state index in [1.165, 1.54) is 70.6 Å². The first-order chi connectivity index (χ1) is 7.88. The van der Waals surface area contributed by atoms with Crippen LogP contribution in [0, 0.1) is 11.8 Å². The molecule has 16 heavy (non-hydrogen) atoms. The second-order valence-electron chi connectivity index (χ2n) is 5.60. The summed E-state index contributed by atoms with van der Waals surface area (Å²) in [6.45, 7) is 3.22. The lowest BCUT2D eigenvalue weighted by atomic mass is 9.71. The van der Waals surface area contributed by atoms with Gasteiger partial charge in [0.1, 0.15) is 0 Å².